The number of carbonyl (C=O) groups is 3. The molecule has 1 rings (SSSR count). The molecule has 0 aromatic heterocycles. The molecule has 0 unspecified atom stereocenters. The third kappa shape index (κ3) is 19.2. The number of anilines is 1. The molecule has 0 saturated heterocycles. The highest BCUT2D eigenvalue weighted by Crippen LogP contribution is 2.28. The predicted molar refractivity (Wildman–Crippen MR) is 149 cm³/mol. The maximum absolute atomic E-state index is 12.3. The Balaban J connectivity index is 1.94. The Morgan fingerprint density at radius 2 is 1.00 bits per heavy atom. The number of benzene rings is 1. The van der Waals surface area contributed by atoms with Gasteiger partial charge in [0, 0.05) is 24.2 Å². The van der Waals surface area contributed by atoms with Crippen LogP contribution in [0.2, 0.25) is 0 Å². The third-order valence-corrected chi connectivity index (χ3v) is 7.41. The fraction of sp³-hybridized carbons (Fsp3) is 0.690. The van der Waals surface area contributed by atoms with E-state index in [4.69, 9.17) is 10.2 Å². The Bertz CT molecular complexity index is 740. The number of hydrogen-bond donors (Lipinski definition) is 3. The van der Waals surface area contributed by atoms with E-state index in [0.717, 1.165) is 48.4 Å². The van der Waals surface area contributed by atoms with Gasteiger partial charge in [0.25, 0.3) is 0 Å². The van der Waals surface area contributed by atoms with Gasteiger partial charge in [-0.2, -0.15) is 0 Å². The summed E-state index contributed by atoms with van der Waals surface area (Å²) < 4.78 is 0. The molecule has 6 nitrogen and oxygen atoms in total. The van der Waals surface area contributed by atoms with Gasteiger partial charge in [-0.1, -0.05) is 95.6 Å². The van der Waals surface area contributed by atoms with Crippen molar-refractivity contribution in [1.82, 2.24) is 0 Å². The van der Waals surface area contributed by atoms with Crippen molar-refractivity contribution in [3.8, 4) is 0 Å². The van der Waals surface area contributed by atoms with Gasteiger partial charge in [0.15, 0.2) is 0 Å². The first kappa shape index (κ1) is 32.0. The quantitative estimate of drug-likeness (QED) is 0.0933. The second-order valence-electron chi connectivity index (χ2n) is 9.59. The van der Waals surface area contributed by atoms with Gasteiger partial charge in [-0.3, -0.25) is 14.4 Å². The van der Waals surface area contributed by atoms with E-state index in [1.807, 2.05) is 24.3 Å². The first-order valence-electron chi connectivity index (χ1n) is 13.9. The summed E-state index contributed by atoms with van der Waals surface area (Å²) in [6.45, 7) is 0. The van der Waals surface area contributed by atoms with Crippen LogP contribution < -0.4 is 5.32 Å². The highest BCUT2D eigenvalue weighted by atomic mass is 32.2. The summed E-state index contributed by atoms with van der Waals surface area (Å²) in [5, 5.41) is 20.4. The maximum atomic E-state index is 12.3. The van der Waals surface area contributed by atoms with Crippen molar-refractivity contribution in [3.05, 3.63) is 24.3 Å². The lowest BCUT2D eigenvalue weighted by Gasteiger charge is -2.10. The maximum Gasteiger partial charge on any atom is 0.303 e. The first-order valence-corrected chi connectivity index (χ1v) is 14.9. The lowest BCUT2D eigenvalue weighted by atomic mass is 10.0. The van der Waals surface area contributed by atoms with Gasteiger partial charge in [0.05, 0.1) is 5.69 Å². The Morgan fingerprint density at radius 1 is 0.583 bits per heavy atom. The SMILES string of the molecule is O=C(O)CCCCCCCCCCCCCCCCCC(=O)Nc1ccccc1SCCCC(=O)O. The minimum atomic E-state index is -0.775. The number of unbranched alkanes of at least 4 members (excludes halogenated alkanes) is 14. The Morgan fingerprint density at radius 3 is 1.50 bits per heavy atom. The number of carboxylic acid groups (broad SMARTS) is 2. The van der Waals surface area contributed by atoms with Crippen LogP contribution in [0.5, 0.6) is 0 Å². The van der Waals surface area contributed by atoms with Crippen molar-refractivity contribution in [3.63, 3.8) is 0 Å². The molecule has 0 aliphatic rings. The number of amides is 1. The van der Waals surface area contributed by atoms with Crippen LogP contribution in [0, 0.1) is 0 Å². The van der Waals surface area contributed by atoms with E-state index in [9.17, 15) is 14.4 Å². The Hall–Kier alpha value is -2.02. The van der Waals surface area contributed by atoms with Gasteiger partial charge in [-0.15, -0.1) is 11.8 Å². The van der Waals surface area contributed by atoms with Gasteiger partial charge in [0.2, 0.25) is 5.91 Å². The number of nitrogens with one attached hydrogen (secondary N) is 1. The summed E-state index contributed by atoms with van der Waals surface area (Å²) in [6, 6.07) is 7.71. The van der Waals surface area contributed by atoms with Crippen molar-refractivity contribution >= 4 is 35.3 Å². The molecule has 0 fully saturated rings. The van der Waals surface area contributed by atoms with E-state index in [1.165, 1.54) is 64.2 Å². The van der Waals surface area contributed by atoms with Crippen molar-refractivity contribution in [2.75, 3.05) is 11.1 Å². The van der Waals surface area contributed by atoms with E-state index in [-0.39, 0.29) is 12.3 Å². The fourth-order valence-corrected chi connectivity index (χ4v) is 5.13. The molecule has 36 heavy (non-hydrogen) atoms. The molecule has 0 heterocycles. The van der Waals surface area contributed by atoms with Crippen molar-refractivity contribution < 1.29 is 24.6 Å². The van der Waals surface area contributed by atoms with E-state index in [1.54, 1.807) is 11.8 Å². The fourth-order valence-electron chi connectivity index (χ4n) is 4.17. The smallest absolute Gasteiger partial charge is 0.303 e. The standard InChI is InChI=1S/C29H47NO5S/c31-27(30-25-19-16-17-20-26(25)36-24-18-23-29(34)35)21-14-12-10-8-6-4-2-1-3-5-7-9-11-13-15-22-28(32)33/h16-17,19-20H,1-15,18,21-24H2,(H,30,31)(H,32,33)(H,34,35). The Labute approximate surface area is 222 Å². The zero-order valence-corrected chi connectivity index (χ0v) is 22.8. The lowest BCUT2D eigenvalue weighted by molar-refractivity contribution is -0.138. The molecule has 0 radical (unpaired) electrons. The second-order valence-corrected chi connectivity index (χ2v) is 10.7. The molecule has 0 saturated carbocycles. The molecule has 1 aromatic carbocycles. The third-order valence-electron chi connectivity index (χ3n) is 6.25. The van der Waals surface area contributed by atoms with Crippen molar-refractivity contribution in [1.29, 1.82) is 0 Å². The average Bonchev–Trinajstić information content (AvgIpc) is 2.84. The van der Waals surface area contributed by atoms with E-state index < -0.39 is 11.9 Å². The zero-order valence-electron chi connectivity index (χ0n) is 22.0. The normalized spacial score (nSPS) is 10.9. The number of carboxylic acids is 2. The predicted octanol–water partition coefficient (Wildman–Crippen LogP) is 8.30. The summed E-state index contributed by atoms with van der Waals surface area (Å²) in [7, 11) is 0. The topological polar surface area (TPSA) is 104 Å². The molecule has 0 atom stereocenters. The molecule has 0 aliphatic heterocycles. The largest absolute Gasteiger partial charge is 0.481 e. The number of hydrogen-bond acceptors (Lipinski definition) is 4. The summed E-state index contributed by atoms with van der Waals surface area (Å²) in [5.74, 6) is -0.687. The van der Waals surface area contributed by atoms with Crippen LogP contribution in [-0.4, -0.2) is 33.8 Å². The van der Waals surface area contributed by atoms with Crippen LogP contribution in [0.25, 0.3) is 0 Å². The number of aliphatic carboxylic acids is 2. The molecular formula is C29H47NO5S. The van der Waals surface area contributed by atoms with Crippen LogP contribution in [-0.2, 0) is 14.4 Å². The molecular weight excluding hydrogens is 474 g/mol. The minimum absolute atomic E-state index is 0.0499. The highest BCUT2D eigenvalue weighted by Gasteiger charge is 2.07. The van der Waals surface area contributed by atoms with Crippen LogP contribution in [0.3, 0.4) is 0 Å². The summed E-state index contributed by atoms with van der Waals surface area (Å²) in [6.07, 6.45) is 19.4. The molecule has 1 aromatic rings. The molecule has 7 heteroatoms. The molecule has 0 spiro atoms. The number of carbonyl (C=O) groups excluding carboxylic acids is 1. The first-order chi connectivity index (χ1) is 17.5. The van der Waals surface area contributed by atoms with Gasteiger partial charge in [0.1, 0.15) is 0 Å². The van der Waals surface area contributed by atoms with Crippen molar-refractivity contribution in [2.45, 2.75) is 127 Å². The van der Waals surface area contributed by atoms with E-state index in [2.05, 4.69) is 5.32 Å². The number of rotatable bonds is 24. The second kappa shape index (κ2) is 22.2. The van der Waals surface area contributed by atoms with Crippen LogP contribution in [0.4, 0.5) is 5.69 Å². The molecule has 0 bridgehead atoms. The summed E-state index contributed by atoms with van der Waals surface area (Å²) in [5.41, 5.74) is 0.818. The van der Waals surface area contributed by atoms with Crippen molar-refractivity contribution in [2.24, 2.45) is 0 Å². The molecule has 1 amide bonds. The lowest BCUT2D eigenvalue weighted by Crippen LogP contribution is -2.11. The summed E-state index contributed by atoms with van der Waals surface area (Å²) >= 11 is 1.59. The molecule has 204 valence electrons. The van der Waals surface area contributed by atoms with Crippen LogP contribution >= 0.6 is 11.8 Å². The molecule has 3 N–H and O–H groups in total. The Kier molecular flexibility index (Phi) is 19.7. The van der Waals surface area contributed by atoms with Gasteiger partial charge in [-0.05, 0) is 37.1 Å². The summed E-state index contributed by atoms with van der Waals surface area (Å²) in [4.78, 5) is 34.4. The molecule has 0 aliphatic carbocycles. The monoisotopic (exact) mass is 521 g/mol. The number of thioether (sulfide) groups is 1. The van der Waals surface area contributed by atoms with E-state index in [0.29, 0.717) is 19.3 Å². The number of para-hydroxylation sites is 1. The average molecular weight is 522 g/mol. The van der Waals surface area contributed by atoms with Crippen LogP contribution in [0.1, 0.15) is 122 Å². The van der Waals surface area contributed by atoms with E-state index >= 15 is 0 Å². The highest BCUT2D eigenvalue weighted by molar-refractivity contribution is 7.99. The minimum Gasteiger partial charge on any atom is -0.481 e. The van der Waals surface area contributed by atoms with Gasteiger partial charge >= 0.3 is 11.9 Å². The van der Waals surface area contributed by atoms with Gasteiger partial charge in [-0.25, -0.2) is 0 Å². The van der Waals surface area contributed by atoms with Gasteiger partial charge < -0.3 is 15.5 Å². The van der Waals surface area contributed by atoms with Crippen LogP contribution in [0.15, 0.2) is 29.2 Å². The zero-order chi connectivity index (χ0) is 26.3.